The molecular formula is C5H7ClO2. The Morgan fingerprint density at radius 1 is 1.75 bits per heavy atom. The fraction of sp³-hybridized carbons (Fsp3) is 0.400. The molecule has 0 aliphatic heterocycles. The van der Waals surface area contributed by atoms with Crippen LogP contribution in [0.4, 0.5) is 0 Å². The lowest BCUT2D eigenvalue weighted by Gasteiger charge is -1.78. The van der Waals surface area contributed by atoms with E-state index in [1.165, 1.54) is 6.08 Å². The van der Waals surface area contributed by atoms with Gasteiger partial charge >= 0.3 is 5.97 Å². The summed E-state index contributed by atoms with van der Waals surface area (Å²) in [5.74, 6) is -0.445. The normalized spacial score (nSPS) is 10.1. The summed E-state index contributed by atoms with van der Waals surface area (Å²) in [6.07, 6.45) is 3.23. The zero-order valence-electron chi connectivity index (χ0n) is 4.30. The minimum absolute atomic E-state index is 0.476. The molecule has 0 radical (unpaired) electrons. The third kappa shape index (κ3) is 5.50. The van der Waals surface area contributed by atoms with E-state index >= 15 is 0 Å². The molecule has 0 heterocycles. The maximum absolute atomic E-state index is 9.74. The van der Waals surface area contributed by atoms with Crippen LogP contribution in [0.2, 0.25) is 0 Å². The van der Waals surface area contributed by atoms with Gasteiger partial charge in [0.25, 0.3) is 0 Å². The maximum Gasteiger partial charge on any atom is 0.327 e. The standard InChI is InChI=1S/C5H7ClO2/c6-4-2-1-3-5(7)8/h1,3H,2,4H2,(H,7,8)/b3-1+. The molecule has 0 bridgehead atoms. The minimum Gasteiger partial charge on any atom is -0.478 e. The van der Waals surface area contributed by atoms with Crippen LogP contribution < -0.4 is 0 Å². The van der Waals surface area contributed by atoms with Crippen molar-refractivity contribution in [3.8, 4) is 0 Å². The lowest BCUT2D eigenvalue weighted by molar-refractivity contribution is -0.131. The van der Waals surface area contributed by atoms with E-state index in [1.54, 1.807) is 0 Å². The van der Waals surface area contributed by atoms with E-state index in [1.807, 2.05) is 0 Å². The topological polar surface area (TPSA) is 37.3 Å². The molecule has 0 aliphatic carbocycles. The zero-order chi connectivity index (χ0) is 6.41. The summed E-state index contributed by atoms with van der Waals surface area (Å²) >= 11 is 5.24. The largest absolute Gasteiger partial charge is 0.478 e. The molecular weight excluding hydrogens is 128 g/mol. The molecule has 0 amide bonds. The lowest BCUT2D eigenvalue weighted by Crippen LogP contribution is -1.85. The Hall–Kier alpha value is -0.500. The molecule has 0 aromatic carbocycles. The van der Waals surface area contributed by atoms with E-state index in [9.17, 15) is 4.79 Å². The molecule has 2 nitrogen and oxygen atoms in total. The van der Waals surface area contributed by atoms with Crippen LogP contribution in [0.15, 0.2) is 12.2 Å². The molecule has 0 aromatic rings. The first kappa shape index (κ1) is 7.50. The minimum atomic E-state index is -0.921. The van der Waals surface area contributed by atoms with E-state index in [4.69, 9.17) is 16.7 Å². The van der Waals surface area contributed by atoms with Crippen LogP contribution in [-0.2, 0) is 4.79 Å². The van der Waals surface area contributed by atoms with Crippen molar-refractivity contribution in [2.24, 2.45) is 0 Å². The number of hydrogen-bond donors (Lipinski definition) is 1. The van der Waals surface area contributed by atoms with Gasteiger partial charge in [0.1, 0.15) is 0 Å². The molecule has 0 rings (SSSR count). The van der Waals surface area contributed by atoms with Crippen LogP contribution in [0.25, 0.3) is 0 Å². The average Bonchev–Trinajstić information content (AvgIpc) is 1.66. The quantitative estimate of drug-likeness (QED) is 0.466. The van der Waals surface area contributed by atoms with Crippen LogP contribution in [0.3, 0.4) is 0 Å². The van der Waals surface area contributed by atoms with Gasteiger partial charge in [0, 0.05) is 12.0 Å². The third-order valence-corrected chi connectivity index (χ3v) is 0.754. The van der Waals surface area contributed by atoms with E-state index < -0.39 is 5.97 Å². The number of hydrogen-bond acceptors (Lipinski definition) is 1. The number of carboxylic acid groups (broad SMARTS) is 1. The number of carboxylic acids is 1. The summed E-state index contributed by atoms with van der Waals surface area (Å²) < 4.78 is 0. The smallest absolute Gasteiger partial charge is 0.327 e. The lowest BCUT2D eigenvalue weighted by atomic mass is 10.4. The second-order valence-corrected chi connectivity index (χ2v) is 1.60. The van der Waals surface area contributed by atoms with Gasteiger partial charge in [-0.1, -0.05) is 6.08 Å². The van der Waals surface area contributed by atoms with Crippen molar-refractivity contribution in [3.05, 3.63) is 12.2 Å². The Morgan fingerprint density at radius 2 is 2.38 bits per heavy atom. The van der Waals surface area contributed by atoms with Crippen molar-refractivity contribution in [1.29, 1.82) is 0 Å². The first-order valence-corrected chi connectivity index (χ1v) is 2.76. The van der Waals surface area contributed by atoms with Crippen molar-refractivity contribution in [1.82, 2.24) is 0 Å². The molecule has 0 saturated carbocycles. The predicted octanol–water partition coefficient (Wildman–Crippen LogP) is 1.26. The van der Waals surface area contributed by atoms with Gasteiger partial charge in [-0.15, -0.1) is 11.6 Å². The van der Waals surface area contributed by atoms with Crippen molar-refractivity contribution in [3.63, 3.8) is 0 Å². The van der Waals surface area contributed by atoms with Crippen LogP contribution in [-0.4, -0.2) is 17.0 Å². The van der Waals surface area contributed by atoms with Gasteiger partial charge in [0.2, 0.25) is 0 Å². The highest BCUT2D eigenvalue weighted by molar-refractivity contribution is 6.17. The van der Waals surface area contributed by atoms with Gasteiger partial charge in [-0.3, -0.25) is 0 Å². The molecule has 46 valence electrons. The van der Waals surface area contributed by atoms with Gasteiger partial charge in [-0.25, -0.2) is 4.79 Å². The summed E-state index contributed by atoms with van der Waals surface area (Å²) in [5.41, 5.74) is 0. The number of alkyl halides is 1. The van der Waals surface area contributed by atoms with Gasteiger partial charge in [-0.05, 0) is 6.42 Å². The monoisotopic (exact) mass is 134 g/mol. The molecule has 0 atom stereocenters. The number of allylic oxidation sites excluding steroid dienone is 1. The van der Waals surface area contributed by atoms with Crippen LogP contribution in [0.1, 0.15) is 6.42 Å². The number of aliphatic carboxylic acids is 1. The Labute approximate surface area is 52.8 Å². The van der Waals surface area contributed by atoms with Gasteiger partial charge in [0.15, 0.2) is 0 Å². The molecule has 0 saturated heterocycles. The molecule has 0 aromatic heterocycles. The Balaban J connectivity index is 3.20. The first-order chi connectivity index (χ1) is 3.77. The fourth-order valence-corrected chi connectivity index (χ4v) is 0.373. The van der Waals surface area contributed by atoms with Gasteiger partial charge < -0.3 is 5.11 Å². The molecule has 0 spiro atoms. The summed E-state index contributed by atoms with van der Waals surface area (Å²) in [4.78, 5) is 9.74. The maximum atomic E-state index is 9.74. The Morgan fingerprint density at radius 3 is 2.75 bits per heavy atom. The summed E-state index contributed by atoms with van der Waals surface area (Å²) in [6.45, 7) is 0. The molecule has 3 heteroatoms. The van der Waals surface area contributed by atoms with E-state index in [0.717, 1.165) is 6.08 Å². The Kier molecular flexibility index (Phi) is 4.36. The summed E-state index contributed by atoms with van der Waals surface area (Å²) in [7, 11) is 0. The fourth-order valence-electron chi connectivity index (χ4n) is 0.247. The molecule has 8 heavy (non-hydrogen) atoms. The van der Waals surface area contributed by atoms with Gasteiger partial charge in [0.05, 0.1) is 0 Å². The van der Waals surface area contributed by atoms with Crippen molar-refractivity contribution >= 4 is 17.6 Å². The number of halogens is 1. The summed E-state index contributed by atoms with van der Waals surface area (Å²) in [6, 6.07) is 0. The van der Waals surface area contributed by atoms with Gasteiger partial charge in [-0.2, -0.15) is 0 Å². The average molecular weight is 135 g/mol. The number of rotatable bonds is 3. The zero-order valence-corrected chi connectivity index (χ0v) is 5.06. The molecule has 0 unspecified atom stereocenters. The van der Waals surface area contributed by atoms with E-state index in [2.05, 4.69) is 0 Å². The molecule has 0 fully saturated rings. The van der Waals surface area contributed by atoms with Crippen LogP contribution in [0, 0.1) is 0 Å². The highest BCUT2D eigenvalue weighted by Crippen LogP contribution is 1.85. The highest BCUT2D eigenvalue weighted by Gasteiger charge is 1.81. The Bertz CT molecular complexity index is 98.6. The van der Waals surface area contributed by atoms with E-state index in [-0.39, 0.29) is 0 Å². The molecule has 0 aliphatic rings. The van der Waals surface area contributed by atoms with Crippen LogP contribution >= 0.6 is 11.6 Å². The predicted molar refractivity (Wildman–Crippen MR) is 32.1 cm³/mol. The SMILES string of the molecule is O=C(O)/C=C/CCCl. The van der Waals surface area contributed by atoms with Crippen LogP contribution in [0.5, 0.6) is 0 Å². The first-order valence-electron chi connectivity index (χ1n) is 2.23. The number of carbonyl (C=O) groups is 1. The third-order valence-electron chi connectivity index (χ3n) is 0.536. The second-order valence-electron chi connectivity index (χ2n) is 1.22. The van der Waals surface area contributed by atoms with Crippen molar-refractivity contribution < 1.29 is 9.90 Å². The highest BCUT2D eigenvalue weighted by atomic mass is 35.5. The van der Waals surface area contributed by atoms with Crippen molar-refractivity contribution in [2.75, 3.05) is 5.88 Å². The second kappa shape index (κ2) is 4.65. The van der Waals surface area contributed by atoms with Crippen molar-refractivity contribution in [2.45, 2.75) is 6.42 Å². The van der Waals surface area contributed by atoms with E-state index in [0.29, 0.717) is 12.3 Å². The summed E-state index contributed by atoms with van der Waals surface area (Å²) in [5, 5.41) is 8.01. The molecule has 1 N–H and O–H groups in total.